The van der Waals surface area contributed by atoms with Crippen LogP contribution >= 0.6 is 11.3 Å². The lowest BCUT2D eigenvalue weighted by Crippen LogP contribution is -2.29. The van der Waals surface area contributed by atoms with Gasteiger partial charge >= 0.3 is 0 Å². The van der Waals surface area contributed by atoms with E-state index in [2.05, 4.69) is 10.3 Å². The molecule has 122 valence electrons. The zero-order valence-corrected chi connectivity index (χ0v) is 13.6. The number of carbonyl (C=O) groups is 3. The molecule has 0 atom stereocenters. The summed E-state index contributed by atoms with van der Waals surface area (Å²) in [5.74, 6) is -1.13. The maximum Gasteiger partial charge on any atom is 0.284 e. The molecule has 0 aliphatic carbocycles. The van der Waals surface area contributed by atoms with Gasteiger partial charge in [0.1, 0.15) is 5.69 Å². The number of carbonyl (C=O) groups excluding carboxylic acids is 3. The molecule has 1 aliphatic heterocycles. The Labute approximate surface area is 146 Å². The molecule has 7 heteroatoms. The smallest absolute Gasteiger partial charge is 0.284 e. The third kappa shape index (κ3) is 2.60. The molecule has 25 heavy (non-hydrogen) atoms. The van der Waals surface area contributed by atoms with Crippen LogP contribution in [0.4, 0.5) is 11.4 Å². The van der Waals surface area contributed by atoms with Crippen LogP contribution in [0.2, 0.25) is 0 Å². The molecule has 0 radical (unpaired) electrons. The summed E-state index contributed by atoms with van der Waals surface area (Å²) in [7, 11) is 0. The van der Waals surface area contributed by atoms with Crippen molar-refractivity contribution in [1.29, 1.82) is 0 Å². The van der Waals surface area contributed by atoms with Crippen LogP contribution < -0.4 is 10.2 Å². The lowest BCUT2D eigenvalue weighted by Gasteiger charge is -2.15. The first-order valence-electron chi connectivity index (χ1n) is 7.44. The van der Waals surface area contributed by atoms with Crippen molar-refractivity contribution in [2.24, 2.45) is 0 Å². The van der Waals surface area contributed by atoms with Crippen LogP contribution in [0.1, 0.15) is 30.5 Å². The summed E-state index contributed by atoms with van der Waals surface area (Å²) in [5.41, 5.74) is 1.30. The van der Waals surface area contributed by atoms with E-state index < -0.39 is 11.8 Å². The fourth-order valence-electron chi connectivity index (χ4n) is 2.62. The predicted molar refractivity (Wildman–Crippen MR) is 94.1 cm³/mol. The summed E-state index contributed by atoms with van der Waals surface area (Å²) >= 11 is 1.33. The molecule has 0 fully saturated rings. The van der Waals surface area contributed by atoms with Gasteiger partial charge in [0.15, 0.2) is 0 Å². The highest BCUT2D eigenvalue weighted by Gasteiger charge is 2.37. The predicted octanol–water partition coefficient (Wildman–Crippen LogP) is 3.20. The van der Waals surface area contributed by atoms with Gasteiger partial charge in [-0.2, -0.15) is 0 Å². The first-order valence-corrected chi connectivity index (χ1v) is 8.32. The first kappa shape index (κ1) is 15.2. The highest BCUT2D eigenvalue weighted by atomic mass is 32.1. The zero-order chi connectivity index (χ0) is 17.4. The number of fused-ring (bicyclic) bond motifs is 1. The standard InChI is InChI=1S/C18H11N3O3S/c22-16(14-7-3-9-25-14)20-11-4-1-5-12(10-11)21-17(23)13-6-2-8-19-15(13)18(21)24/h1-10H,(H,20,22). The lowest BCUT2D eigenvalue weighted by atomic mass is 10.2. The summed E-state index contributed by atoms with van der Waals surface area (Å²) in [6.45, 7) is 0. The minimum atomic E-state index is -0.470. The third-order valence-electron chi connectivity index (χ3n) is 3.75. The van der Waals surface area contributed by atoms with Gasteiger partial charge in [0.05, 0.1) is 16.1 Å². The SMILES string of the molecule is O=C(Nc1cccc(N2C(=O)c3cccnc3C2=O)c1)c1cccs1. The number of anilines is 2. The van der Waals surface area contributed by atoms with Gasteiger partial charge < -0.3 is 5.32 Å². The van der Waals surface area contributed by atoms with E-state index in [0.717, 1.165) is 4.90 Å². The average molecular weight is 349 g/mol. The van der Waals surface area contributed by atoms with E-state index in [1.54, 1.807) is 48.5 Å². The minimum Gasteiger partial charge on any atom is -0.321 e. The molecule has 0 unspecified atom stereocenters. The van der Waals surface area contributed by atoms with Gasteiger partial charge in [-0.1, -0.05) is 12.1 Å². The summed E-state index contributed by atoms with van der Waals surface area (Å²) < 4.78 is 0. The van der Waals surface area contributed by atoms with Gasteiger partial charge in [-0.3, -0.25) is 19.4 Å². The van der Waals surface area contributed by atoms with Crippen LogP contribution in [-0.4, -0.2) is 22.7 Å². The van der Waals surface area contributed by atoms with Crippen molar-refractivity contribution in [3.05, 3.63) is 76.2 Å². The normalized spacial score (nSPS) is 13.0. The minimum absolute atomic E-state index is 0.139. The van der Waals surface area contributed by atoms with Gasteiger partial charge in [-0.25, -0.2) is 4.90 Å². The lowest BCUT2D eigenvalue weighted by molar-refractivity contribution is 0.0923. The summed E-state index contributed by atoms with van der Waals surface area (Å²) in [6, 6.07) is 13.3. The van der Waals surface area contributed by atoms with Crippen molar-refractivity contribution in [2.75, 3.05) is 10.2 Å². The molecule has 3 amide bonds. The molecule has 0 saturated carbocycles. The number of amides is 3. The number of aromatic nitrogens is 1. The molecule has 0 spiro atoms. The molecule has 1 aromatic carbocycles. The van der Waals surface area contributed by atoms with Crippen molar-refractivity contribution in [3.63, 3.8) is 0 Å². The quantitative estimate of drug-likeness (QED) is 0.737. The number of nitrogens with one attached hydrogen (secondary N) is 1. The number of hydrogen-bond acceptors (Lipinski definition) is 5. The number of benzene rings is 1. The van der Waals surface area contributed by atoms with Gasteiger partial charge in [-0.05, 0) is 41.8 Å². The third-order valence-corrected chi connectivity index (χ3v) is 4.62. The van der Waals surface area contributed by atoms with Gasteiger partial charge in [0.2, 0.25) is 0 Å². The zero-order valence-electron chi connectivity index (χ0n) is 12.8. The van der Waals surface area contributed by atoms with E-state index in [4.69, 9.17) is 0 Å². The van der Waals surface area contributed by atoms with Crippen molar-refractivity contribution in [2.45, 2.75) is 0 Å². The van der Waals surface area contributed by atoms with Gasteiger partial charge in [-0.15, -0.1) is 11.3 Å². The summed E-state index contributed by atoms with van der Waals surface area (Å²) in [5, 5.41) is 4.58. The Morgan fingerprint density at radius 3 is 2.68 bits per heavy atom. The number of nitrogens with zero attached hydrogens (tertiary/aromatic N) is 2. The van der Waals surface area contributed by atoms with Crippen LogP contribution in [0.25, 0.3) is 0 Å². The van der Waals surface area contributed by atoms with Crippen molar-refractivity contribution >= 4 is 40.4 Å². The second-order valence-corrected chi connectivity index (χ2v) is 6.27. The molecule has 1 N–H and O–H groups in total. The molecule has 3 aromatic rings. The van der Waals surface area contributed by atoms with Gasteiger partial charge in [0, 0.05) is 11.9 Å². The number of rotatable bonds is 3. The number of imide groups is 1. The van der Waals surface area contributed by atoms with E-state index in [9.17, 15) is 14.4 Å². The fourth-order valence-corrected chi connectivity index (χ4v) is 3.24. The van der Waals surface area contributed by atoms with Crippen LogP contribution in [0.15, 0.2) is 60.1 Å². The molecular weight excluding hydrogens is 338 g/mol. The molecule has 0 saturated heterocycles. The topological polar surface area (TPSA) is 79.4 Å². The Morgan fingerprint density at radius 1 is 1.04 bits per heavy atom. The average Bonchev–Trinajstić information content (AvgIpc) is 3.24. The Hall–Kier alpha value is -3.32. The maximum atomic E-state index is 12.5. The summed E-state index contributed by atoms with van der Waals surface area (Å²) in [4.78, 5) is 42.8. The van der Waals surface area contributed by atoms with Crippen LogP contribution in [0.5, 0.6) is 0 Å². The fraction of sp³-hybridized carbons (Fsp3) is 0. The van der Waals surface area contributed by atoms with E-state index >= 15 is 0 Å². The van der Waals surface area contributed by atoms with E-state index in [1.165, 1.54) is 17.5 Å². The molecule has 0 bridgehead atoms. The van der Waals surface area contributed by atoms with Gasteiger partial charge in [0.25, 0.3) is 17.7 Å². The number of hydrogen-bond donors (Lipinski definition) is 1. The van der Waals surface area contributed by atoms with E-state index in [1.807, 2.05) is 5.38 Å². The highest BCUT2D eigenvalue weighted by Crippen LogP contribution is 2.29. The Bertz CT molecular complexity index is 963. The molecule has 4 rings (SSSR count). The van der Waals surface area contributed by atoms with Crippen LogP contribution in [-0.2, 0) is 0 Å². The Balaban J connectivity index is 1.63. The Morgan fingerprint density at radius 2 is 1.92 bits per heavy atom. The first-order chi connectivity index (χ1) is 12.1. The van der Waals surface area contributed by atoms with Crippen LogP contribution in [0, 0.1) is 0 Å². The Kier molecular flexibility index (Phi) is 3.62. The molecule has 6 nitrogen and oxygen atoms in total. The molecular formula is C18H11N3O3S. The second kappa shape index (κ2) is 5.95. The van der Waals surface area contributed by atoms with Crippen molar-refractivity contribution in [3.8, 4) is 0 Å². The van der Waals surface area contributed by atoms with E-state index in [-0.39, 0.29) is 17.2 Å². The van der Waals surface area contributed by atoms with Crippen molar-refractivity contribution in [1.82, 2.24) is 4.98 Å². The summed E-state index contributed by atoms with van der Waals surface area (Å²) in [6.07, 6.45) is 1.48. The number of pyridine rings is 1. The largest absolute Gasteiger partial charge is 0.321 e. The molecule has 1 aliphatic rings. The van der Waals surface area contributed by atoms with E-state index in [0.29, 0.717) is 16.3 Å². The monoisotopic (exact) mass is 349 g/mol. The highest BCUT2D eigenvalue weighted by molar-refractivity contribution is 7.12. The maximum absolute atomic E-state index is 12.5. The molecule has 2 aromatic heterocycles. The molecule has 3 heterocycles. The second-order valence-electron chi connectivity index (χ2n) is 5.33. The number of thiophene rings is 1. The van der Waals surface area contributed by atoms with Crippen LogP contribution in [0.3, 0.4) is 0 Å². The van der Waals surface area contributed by atoms with Crippen molar-refractivity contribution < 1.29 is 14.4 Å².